The number of carbonyl (C=O) groups excluding carboxylic acids is 1. The highest BCUT2D eigenvalue weighted by molar-refractivity contribution is 7.17. The number of ether oxygens (including phenoxy) is 1. The molecule has 0 spiro atoms. The third kappa shape index (κ3) is 1.51. The molecule has 2 aromatic rings. The molecule has 2 aromatic heterocycles. The van der Waals surface area contributed by atoms with Gasteiger partial charge < -0.3 is 9.15 Å². The second-order valence-corrected chi connectivity index (χ2v) is 3.48. The minimum Gasteiger partial charge on any atom is -0.465 e. The van der Waals surface area contributed by atoms with Gasteiger partial charge in [-0.15, -0.1) is 21.5 Å². The summed E-state index contributed by atoms with van der Waals surface area (Å²) >= 11 is 1.25. The molecule has 0 N–H and O–H groups in total. The molecule has 0 atom stereocenters. The Kier molecular flexibility index (Phi) is 2.28. The standard InChI is InChI=1S/C8H6N2O3S/c1-12-8(11)6-3-2-5(14-6)7-10-9-4-13-7/h2-4H,1H3. The maximum absolute atomic E-state index is 11.1. The van der Waals surface area contributed by atoms with Crippen LogP contribution >= 0.6 is 11.3 Å². The Labute approximate surface area is 83.3 Å². The van der Waals surface area contributed by atoms with E-state index in [0.29, 0.717) is 10.8 Å². The van der Waals surface area contributed by atoms with Crippen molar-refractivity contribution in [3.05, 3.63) is 23.4 Å². The van der Waals surface area contributed by atoms with Gasteiger partial charge in [-0.05, 0) is 12.1 Å². The van der Waals surface area contributed by atoms with Crippen molar-refractivity contribution in [3.63, 3.8) is 0 Å². The first kappa shape index (κ1) is 8.89. The molecule has 0 unspecified atom stereocenters. The van der Waals surface area contributed by atoms with E-state index in [2.05, 4.69) is 14.9 Å². The Morgan fingerprint density at radius 2 is 2.43 bits per heavy atom. The number of carbonyl (C=O) groups is 1. The maximum Gasteiger partial charge on any atom is 0.348 e. The highest BCUT2D eigenvalue weighted by Gasteiger charge is 2.12. The van der Waals surface area contributed by atoms with Crippen molar-refractivity contribution in [3.8, 4) is 10.8 Å². The zero-order chi connectivity index (χ0) is 9.97. The SMILES string of the molecule is COC(=O)c1ccc(-c2nnco2)s1. The molecule has 0 amide bonds. The van der Waals surface area contributed by atoms with E-state index < -0.39 is 0 Å². The molecule has 0 aliphatic heterocycles. The molecule has 6 heteroatoms. The molecule has 14 heavy (non-hydrogen) atoms. The number of methoxy groups -OCH3 is 1. The van der Waals surface area contributed by atoms with Gasteiger partial charge in [-0.1, -0.05) is 0 Å². The van der Waals surface area contributed by atoms with E-state index in [9.17, 15) is 4.79 Å². The predicted molar refractivity (Wildman–Crippen MR) is 49.0 cm³/mol. The minimum atomic E-state index is -0.360. The van der Waals surface area contributed by atoms with Gasteiger partial charge in [0.2, 0.25) is 6.39 Å². The van der Waals surface area contributed by atoms with Crippen LogP contribution in [0.2, 0.25) is 0 Å². The van der Waals surface area contributed by atoms with Gasteiger partial charge in [-0.25, -0.2) is 4.79 Å². The number of hydrogen-bond donors (Lipinski definition) is 0. The van der Waals surface area contributed by atoms with Crippen LogP contribution in [-0.2, 0) is 4.74 Å². The molecule has 0 saturated carbocycles. The van der Waals surface area contributed by atoms with Crippen LogP contribution in [0.15, 0.2) is 22.9 Å². The average molecular weight is 210 g/mol. The first-order chi connectivity index (χ1) is 6.81. The van der Waals surface area contributed by atoms with E-state index in [-0.39, 0.29) is 5.97 Å². The lowest BCUT2D eigenvalue weighted by Gasteiger charge is -1.91. The average Bonchev–Trinajstić information content (AvgIpc) is 2.86. The number of rotatable bonds is 2. The third-order valence-electron chi connectivity index (χ3n) is 1.56. The minimum absolute atomic E-state index is 0.360. The van der Waals surface area contributed by atoms with Gasteiger partial charge in [0.25, 0.3) is 5.89 Å². The molecule has 0 aliphatic carbocycles. The van der Waals surface area contributed by atoms with E-state index in [1.165, 1.54) is 24.8 Å². The number of hydrogen-bond acceptors (Lipinski definition) is 6. The number of thiophene rings is 1. The van der Waals surface area contributed by atoms with Gasteiger partial charge in [-0.3, -0.25) is 0 Å². The Morgan fingerprint density at radius 1 is 1.57 bits per heavy atom. The van der Waals surface area contributed by atoms with E-state index in [0.717, 1.165) is 4.88 Å². The van der Waals surface area contributed by atoms with Crippen LogP contribution in [0.4, 0.5) is 0 Å². The monoisotopic (exact) mass is 210 g/mol. The summed E-state index contributed by atoms with van der Waals surface area (Å²) in [6, 6.07) is 3.40. The second kappa shape index (κ2) is 3.59. The van der Waals surface area contributed by atoms with E-state index in [1.807, 2.05) is 0 Å². The first-order valence-electron chi connectivity index (χ1n) is 3.76. The maximum atomic E-state index is 11.1. The van der Waals surface area contributed by atoms with Crippen LogP contribution in [0.1, 0.15) is 9.67 Å². The van der Waals surface area contributed by atoms with Crippen molar-refractivity contribution in [2.75, 3.05) is 7.11 Å². The van der Waals surface area contributed by atoms with E-state index in [4.69, 9.17) is 4.42 Å². The highest BCUT2D eigenvalue weighted by Crippen LogP contribution is 2.26. The topological polar surface area (TPSA) is 65.2 Å². The summed E-state index contributed by atoms with van der Waals surface area (Å²) in [6.45, 7) is 0. The fraction of sp³-hybridized carbons (Fsp3) is 0.125. The zero-order valence-electron chi connectivity index (χ0n) is 7.26. The highest BCUT2D eigenvalue weighted by atomic mass is 32.1. The molecule has 0 aromatic carbocycles. The fourth-order valence-corrected chi connectivity index (χ4v) is 1.80. The number of esters is 1. The Hall–Kier alpha value is -1.69. The second-order valence-electron chi connectivity index (χ2n) is 2.40. The molecular weight excluding hydrogens is 204 g/mol. The third-order valence-corrected chi connectivity index (χ3v) is 2.62. The van der Waals surface area contributed by atoms with Crippen LogP contribution in [0.25, 0.3) is 10.8 Å². The van der Waals surface area contributed by atoms with Gasteiger partial charge in [0.15, 0.2) is 0 Å². The van der Waals surface area contributed by atoms with Gasteiger partial charge in [0.05, 0.1) is 12.0 Å². The van der Waals surface area contributed by atoms with Crippen LogP contribution < -0.4 is 0 Å². The lowest BCUT2D eigenvalue weighted by atomic mass is 10.4. The summed E-state index contributed by atoms with van der Waals surface area (Å²) < 4.78 is 9.55. The van der Waals surface area contributed by atoms with Gasteiger partial charge in [0.1, 0.15) is 4.88 Å². The molecule has 0 fully saturated rings. The zero-order valence-corrected chi connectivity index (χ0v) is 8.08. The van der Waals surface area contributed by atoms with Crippen LogP contribution in [-0.4, -0.2) is 23.3 Å². The van der Waals surface area contributed by atoms with Crippen molar-refractivity contribution in [1.29, 1.82) is 0 Å². The van der Waals surface area contributed by atoms with Crippen molar-refractivity contribution < 1.29 is 13.9 Å². The smallest absolute Gasteiger partial charge is 0.348 e. The summed E-state index contributed by atoms with van der Waals surface area (Å²) in [5, 5.41) is 7.27. The predicted octanol–water partition coefficient (Wildman–Crippen LogP) is 1.58. The molecule has 0 saturated heterocycles. The lowest BCUT2D eigenvalue weighted by molar-refractivity contribution is 0.0606. The van der Waals surface area contributed by atoms with E-state index >= 15 is 0 Å². The van der Waals surface area contributed by atoms with Crippen LogP contribution in [0.3, 0.4) is 0 Å². The Morgan fingerprint density at radius 3 is 3.07 bits per heavy atom. The summed E-state index contributed by atoms with van der Waals surface area (Å²) in [5.74, 6) is 0.0471. The fourth-order valence-electron chi connectivity index (χ4n) is 0.944. The van der Waals surface area contributed by atoms with Crippen LogP contribution in [0.5, 0.6) is 0 Å². The molecule has 2 heterocycles. The van der Waals surface area contributed by atoms with Gasteiger partial charge in [-0.2, -0.15) is 0 Å². The molecule has 0 aliphatic rings. The summed E-state index contributed by atoms with van der Waals surface area (Å²) in [7, 11) is 1.34. The largest absolute Gasteiger partial charge is 0.465 e. The number of aromatic nitrogens is 2. The van der Waals surface area contributed by atoms with Crippen LogP contribution in [0, 0.1) is 0 Å². The summed E-state index contributed by atoms with van der Waals surface area (Å²) in [4.78, 5) is 12.4. The Bertz CT molecular complexity index is 435. The van der Waals surface area contributed by atoms with E-state index in [1.54, 1.807) is 12.1 Å². The molecule has 0 bridgehead atoms. The summed E-state index contributed by atoms with van der Waals surface area (Å²) in [6.07, 6.45) is 1.24. The number of nitrogens with zero attached hydrogens (tertiary/aromatic N) is 2. The quantitative estimate of drug-likeness (QED) is 0.704. The Balaban J connectivity index is 2.31. The summed E-state index contributed by atoms with van der Waals surface area (Å²) in [5.41, 5.74) is 0. The van der Waals surface area contributed by atoms with Crippen molar-refractivity contribution in [2.24, 2.45) is 0 Å². The molecule has 72 valence electrons. The van der Waals surface area contributed by atoms with Gasteiger partial charge in [0, 0.05) is 0 Å². The van der Waals surface area contributed by atoms with Crippen molar-refractivity contribution in [2.45, 2.75) is 0 Å². The van der Waals surface area contributed by atoms with Crippen molar-refractivity contribution >= 4 is 17.3 Å². The van der Waals surface area contributed by atoms with Crippen molar-refractivity contribution in [1.82, 2.24) is 10.2 Å². The first-order valence-corrected chi connectivity index (χ1v) is 4.57. The molecule has 2 rings (SSSR count). The molecular formula is C8H6N2O3S. The lowest BCUT2D eigenvalue weighted by Crippen LogP contribution is -1.96. The molecule has 5 nitrogen and oxygen atoms in total. The molecule has 0 radical (unpaired) electrons. The normalized spacial score (nSPS) is 10.1. The van der Waals surface area contributed by atoms with Gasteiger partial charge >= 0.3 is 5.97 Å².